The van der Waals surface area contributed by atoms with E-state index in [1.54, 1.807) is 0 Å². The first-order valence-electron chi connectivity index (χ1n) is 7.34. The van der Waals surface area contributed by atoms with E-state index in [0.717, 1.165) is 13.1 Å². The van der Waals surface area contributed by atoms with Gasteiger partial charge in [-0.05, 0) is 18.1 Å². The van der Waals surface area contributed by atoms with Crippen molar-refractivity contribution in [3.05, 3.63) is 65.6 Å². The van der Waals surface area contributed by atoms with E-state index in [0.29, 0.717) is 24.7 Å². The molecular weight excluding hydrogens is 278 g/mol. The van der Waals surface area contributed by atoms with Crippen LogP contribution in [0.5, 0.6) is 0 Å². The molecule has 0 unspecified atom stereocenters. The molecule has 6 heteroatoms. The van der Waals surface area contributed by atoms with E-state index >= 15 is 0 Å². The van der Waals surface area contributed by atoms with Crippen LogP contribution in [0.1, 0.15) is 22.9 Å². The molecule has 114 valence electrons. The Kier molecular flexibility index (Phi) is 4.60. The van der Waals surface area contributed by atoms with Gasteiger partial charge in [0.25, 0.3) is 0 Å². The second kappa shape index (κ2) is 7.00. The molecule has 1 aromatic carbocycles. The summed E-state index contributed by atoms with van der Waals surface area (Å²) in [5.41, 5.74) is 2.34. The average molecular weight is 297 g/mol. The van der Waals surface area contributed by atoms with Gasteiger partial charge < -0.3 is 9.73 Å². The lowest BCUT2D eigenvalue weighted by Gasteiger charge is -2.02. The van der Waals surface area contributed by atoms with E-state index in [1.165, 1.54) is 11.1 Å². The van der Waals surface area contributed by atoms with E-state index in [2.05, 4.69) is 20.6 Å². The number of benzene rings is 1. The highest BCUT2D eigenvalue weighted by atomic mass is 16.4. The van der Waals surface area contributed by atoms with Gasteiger partial charge in [-0.15, -0.1) is 10.2 Å². The van der Waals surface area contributed by atoms with Crippen molar-refractivity contribution in [2.24, 2.45) is 0 Å². The molecule has 6 nitrogen and oxygen atoms in total. The molecule has 0 spiro atoms. The molecule has 2 aromatic heterocycles. The van der Waals surface area contributed by atoms with Crippen LogP contribution in [0.4, 0.5) is 0 Å². The average Bonchev–Trinajstić information content (AvgIpc) is 3.14. The van der Waals surface area contributed by atoms with Crippen molar-refractivity contribution in [3.8, 4) is 0 Å². The van der Waals surface area contributed by atoms with Crippen LogP contribution in [-0.2, 0) is 19.5 Å². The van der Waals surface area contributed by atoms with Gasteiger partial charge in [0.2, 0.25) is 11.8 Å². The lowest BCUT2D eigenvalue weighted by atomic mass is 10.2. The van der Waals surface area contributed by atoms with Gasteiger partial charge in [0.15, 0.2) is 0 Å². The van der Waals surface area contributed by atoms with Crippen molar-refractivity contribution in [2.45, 2.75) is 26.4 Å². The summed E-state index contributed by atoms with van der Waals surface area (Å²) in [4.78, 5) is 0. The summed E-state index contributed by atoms with van der Waals surface area (Å²) in [7, 11) is 0. The van der Waals surface area contributed by atoms with Gasteiger partial charge in [-0.2, -0.15) is 5.10 Å². The van der Waals surface area contributed by atoms with Crippen LogP contribution < -0.4 is 5.32 Å². The van der Waals surface area contributed by atoms with Crippen molar-refractivity contribution in [1.82, 2.24) is 25.3 Å². The number of aryl methyl sites for hydroxylation is 1. The largest absolute Gasteiger partial charge is 0.424 e. The number of nitrogens with zero attached hydrogens (tertiary/aromatic N) is 4. The molecular formula is C16H19N5O. The Morgan fingerprint density at radius 3 is 2.73 bits per heavy atom. The fourth-order valence-corrected chi connectivity index (χ4v) is 2.18. The summed E-state index contributed by atoms with van der Waals surface area (Å²) in [6.45, 7) is 4.22. The van der Waals surface area contributed by atoms with Crippen molar-refractivity contribution in [1.29, 1.82) is 0 Å². The van der Waals surface area contributed by atoms with Gasteiger partial charge in [0.1, 0.15) is 0 Å². The van der Waals surface area contributed by atoms with Gasteiger partial charge in [0, 0.05) is 12.7 Å². The molecule has 3 rings (SSSR count). The number of hydrogen-bond acceptors (Lipinski definition) is 5. The minimum Gasteiger partial charge on any atom is -0.424 e. The summed E-state index contributed by atoms with van der Waals surface area (Å²) < 4.78 is 7.55. The smallest absolute Gasteiger partial charge is 0.230 e. The van der Waals surface area contributed by atoms with Crippen molar-refractivity contribution in [3.63, 3.8) is 0 Å². The van der Waals surface area contributed by atoms with E-state index < -0.39 is 0 Å². The fourth-order valence-electron chi connectivity index (χ4n) is 2.18. The molecule has 0 aliphatic rings. The maximum Gasteiger partial charge on any atom is 0.230 e. The number of aromatic nitrogens is 4. The molecule has 22 heavy (non-hydrogen) atoms. The molecule has 0 amide bonds. The SMILES string of the molecule is Cc1cnn(CCNCc2nnc(Cc3ccccc3)o2)c1. The second-order valence-electron chi connectivity index (χ2n) is 5.21. The number of nitrogens with one attached hydrogen (secondary N) is 1. The van der Waals surface area contributed by atoms with Crippen LogP contribution in [0.15, 0.2) is 47.1 Å². The van der Waals surface area contributed by atoms with E-state index in [-0.39, 0.29) is 0 Å². The fraction of sp³-hybridized carbons (Fsp3) is 0.312. The molecule has 0 fully saturated rings. The molecule has 0 saturated carbocycles. The van der Waals surface area contributed by atoms with Crippen LogP contribution in [0.25, 0.3) is 0 Å². The monoisotopic (exact) mass is 297 g/mol. The Hall–Kier alpha value is -2.47. The maximum atomic E-state index is 5.64. The lowest BCUT2D eigenvalue weighted by molar-refractivity contribution is 0.432. The Labute approximate surface area is 129 Å². The minimum absolute atomic E-state index is 0.571. The van der Waals surface area contributed by atoms with Gasteiger partial charge in [0.05, 0.1) is 25.7 Å². The molecule has 2 heterocycles. The number of hydrogen-bond donors (Lipinski definition) is 1. The Morgan fingerprint density at radius 2 is 1.95 bits per heavy atom. The summed E-state index contributed by atoms with van der Waals surface area (Å²) in [6, 6.07) is 10.1. The van der Waals surface area contributed by atoms with Crippen LogP contribution >= 0.6 is 0 Å². The molecule has 0 saturated heterocycles. The van der Waals surface area contributed by atoms with Crippen LogP contribution in [0, 0.1) is 6.92 Å². The Balaban J connectivity index is 1.43. The highest BCUT2D eigenvalue weighted by molar-refractivity contribution is 5.17. The van der Waals surface area contributed by atoms with Gasteiger partial charge >= 0.3 is 0 Å². The maximum absolute atomic E-state index is 5.64. The van der Waals surface area contributed by atoms with E-state index in [4.69, 9.17) is 4.42 Å². The standard InChI is InChI=1S/C16H19N5O/c1-13-10-18-21(12-13)8-7-17-11-16-20-19-15(22-16)9-14-5-3-2-4-6-14/h2-6,10,12,17H,7-9,11H2,1H3. The van der Waals surface area contributed by atoms with Crippen molar-refractivity contribution < 1.29 is 4.42 Å². The molecule has 0 radical (unpaired) electrons. The summed E-state index contributed by atoms with van der Waals surface area (Å²) in [5, 5.41) is 15.7. The predicted octanol–water partition coefficient (Wildman–Crippen LogP) is 1.96. The molecule has 0 bridgehead atoms. The third-order valence-corrected chi connectivity index (χ3v) is 3.26. The van der Waals surface area contributed by atoms with E-state index in [1.807, 2.05) is 54.3 Å². The van der Waals surface area contributed by atoms with Gasteiger partial charge in [-0.25, -0.2) is 0 Å². The molecule has 3 aromatic rings. The summed E-state index contributed by atoms with van der Waals surface area (Å²) >= 11 is 0. The molecule has 0 aliphatic carbocycles. The lowest BCUT2D eigenvalue weighted by Crippen LogP contribution is -2.19. The summed E-state index contributed by atoms with van der Waals surface area (Å²) in [5.74, 6) is 1.26. The summed E-state index contributed by atoms with van der Waals surface area (Å²) in [6.07, 6.45) is 4.54. The normalized spacial score (nSPS) is 11.0. The number of rotatable bonds is 7. The zero-order chi connectivity index (χ0) is 15.2. The molecule has 0 atom stereocenters. The zero-order valence-electron chi connectivity index (χ0n) is 12.6. The third-order valence-electron chi connectivity index (χ3n) is 3.26. The van der Waals surface area contributed by atoms with Gasteiger partial charge in [-0.1, -0.05) is 30.3 Å². The first-order chi connectivity index (χ1) is 10.8. The van der Waals surface area contributed by atoms with Crippen molar-refractivity contribution >= 4 is 0 Å². The van der Waals surface area contributed by atoms with Crippen LogP contribution in [0.3, 0.4) is 0 Å². The van der Waals surface area contributed by atoms with Crippen molar-refractivity contribution in [2.75, 3.05) is 6.54 Å². The first-order valence-corrected chi connectivity index (χ1v) is 7.34. The predicted molar refractivity (Wildman–Crippen MR) is 82.2 cm³/mol. The first kappa shape index (κ1) is 14.5. The van der Waals surface area contributed by atoms with Crippen LogP contribution in [-0.4, -0.2) is 26.5 Å². The topological polar surface area (TPSA) is 68.8 Å². The molecule has 1 N–H and O–H groups in total. The Bertz CT molecular complexity index is 704. The Morgan fingerprint density at radius 1 is 1.14 bits per heavy atom. The molecule has 0 aliphatic heterocycles. The third kappa shape index (κ3) is 4.02. The second-order valence-corrected chi connectivity index (χ2v) is 5.21. The highest BCUT2D eigenvalue weighted by Gasteiger charge is 2.06. The van der Waals surface area contributed by atoms with E-state index in [9.17, 15) is 0 Å². The van der Waals surface area contributed by atoms with Crippen LogP contribution in [0.2, 0.25) is 0 Å². The van der Waals surface area contributed by atoms with Gasteiger partial charge in [-0.3, -0.25) is 4.68 Å². The quantitative estimate of drug-likeness (QED) is 0.675. The minimum atomic E-state index is 0.571. The zero-order valence-corrected chi connectivity index (χ0v) is 12.6. The highest BCUT2D eigenvalue weighted by Crippen LogP contribution is 2.08.